The lowest BCUT2D eigenvalue weighted by atomic mass is 10.2. The number of nitrogens with zero attached hydrogens (tertiary/aromatic N) is 1. The first-order valence-electron chi connectivity index (χ1n) is 5.85. The average molecular weight is 252 g/mol. The Kier molecular flexibility index (Phi) is 6.18. The molecule has 0 aliphatic heterocycles. The number of carbonyl (C=O) groups excluding carboxylic acids is 1. The number of amides is 1. The Balaban J connectivity index is 2.42. The molecule has 0 heterocycles. The Bertz CT molecular complexity index is 382. The van der Waals surface area contributed by atoms with Crippen LogP contribution in [0.5, 0.6) is 5.75 Å². The molecule has 0 unspecified atom stereocenters. The van der Waals surface area contributed by atoms with Gasteiger partial charge in [-0.25, -0.2) is 0 Å². The third kappa shape index (κ3) is 4.73. The van der Waals surface area contributed by atoms with Crippen LogP contribution in [0.2, 0.25) is 0 Å². The highest BCUT2D eigenvalue weighted by Crippen LogP contribution is 2.16. The van der Waals surface area contributed by atoms with Gasteiger partial charge < -0.3 is 15.2 Å². The number of nitrogens with one attached hydrogen (secondary N) is 1. The molecular weight excluding hydrogens is 232 g/mol. The van der Waals surface area contributed by atoms with E-state index >= 15 is 0 Å². The summed E-state index contributed by atoms with van der Waals surface area (Å²) in [7, 11) is 3.40. The fourth-order valence-corrected chi connectivity index (χ4v) is 1.59. The number of aliphatic hydroxyl groups excluding tert-OH is 1. The van der Waals surface area contributed by atoms with Gasteiger partial charge in [-0.1, -0.05) is 18.2 Å². The second-order valence-electron chi connectivity index (χ2n) is 4.05. The summed E-state index contributed by atoms with van der Waals surface area (Å²) in [6.45, 7) is 1.25. The first kappa shape index (κ1) is 14.5. The molecule has 0 saturated carbocycles. The number of rotatable bonds is 7. The quantitative estimate of drug-likeness (QED) is 0.729. The summed E-state index contributed by atoms with van der Waals surface area (Å²) in [5.41, 5.74) is 0.943. The number of aliphatic hydroxyl groups is 1. The number of carbonyl (C=O) groups is 1. The van der Waals surface area contributed by atoms with Crippen molar-refractivity contribution in [3.05, 3.63) is 29.8 Å². The van der Waals surface area contributed by atoms with Gasteiger partial charge in [0.1, 0.15) is 5.75 Å². The van der Waals surface area contributed by atoms with Crippen molar-refractivity contribution >= 4 is 5.91 Å². The van der Waals surface area contributed by atoms with Crippen LogP contribution in [-0.4, -0.2) is 49.8 Å². The molecule has 0 aliphatic rings. The van der Waals surface area contributed by atoms with Gasteiger partial charge in [0, 0.05) is 18.7 Å². The van der Waals surface area contributed by atoms with Crippen LogP contribution in [0.1, 0.15) is 5.56 Å². The smallest absolute Gasteiger partial charge is 0.234 e. The van der Waals surface area contributed by atoms with Gasteiger partial charge in [-0.15, -0.1) is 0 Å². The van der Waals surface area contributed by atoms with Crippen molar-refractivity contribution in [1.82, 2.24) is 10.2 Å². The van der Waals surface area contributed by atoms with Gasteiger partial charge in [-0.3, -0.25) is 9.69 Å². The minimum atomic E-state index is -0.0724. The minimum absolute atomic E-state index is 0.0519. The van der Waals surface area contributed by atoms with E-state index in [4.69, 9.17) is 9.84 Å². The average Bonchev–Trinajstić information content (AvgIpc) is 2.37. The van der Waals surface area contributed by atoms with E-state index in [-0.39, 0.29) is 19.1 Å². The molecule has 2 N–H and O–H groups in total. The molecule has 100 valence electrons. The van der Waals surface area contributed by atoms with Crippen LogP contribution in [0, 0.1) is 0 Å². The number of hydrogen-bond acceptors (Lipinski definition) is 4. The van der Waals surface area contributed by atoms with Gasteiger partial charge in [0.15, 0.2) is 0 Å². The zero-order valence-corrected chi connectivity index (χ0v) is 10.8. The predicted molar refractivity (Wildman–Crippen MR) is 69.4 cm³/mol. The second-order valence-corrected chi connectivity index (χ2v) is 4.05. The molecule has 0 radical (unpaired) electrons. The van der Waals surface area contributed by atoms with Crippen LogP contribution in [0.15, 0.2) is 24.3 Å². The summed E-state index contributed by atoms with van der Waals surface area (Å²) in [5.74, 6) is 0.693. The maximum atomic E-state index is 11.6. The summed E-state index contributed by atoms with van der Waals surface area (Å²) in [6, 6.07) is 7.57. The van der Waals surface area contributed by atoms with Crippen LogP contribution < -0.4 is 10.1 Å². The van der Waals surface area contributed by atoms with Gasteiger partial charge >= 0.3 is 0 Å². The van der Waals surface area contributed by atoms with Crippen molar-refractivity contribution in [2.45, 2.75) is 6.54 Å². The van der Waals surface area contributed by atoms with Crippen LogP contribution in [0.3, 0.4) is 0 Å². The third-order valence-electron chi connectivity index (χ3n) is 2.56. The van der Waals surface area contributed by atoms with Crippen molar-refractivity contribution in [2.75, 3.05) is 33.9 Å². The molecule has 0 spiro atoms. The van der Waals surface area contributed by atoms with E-state index in [2.05, 4.69) is 5.32 Å². The van der Waals surface area contributed by atoms with Crippen molar-refractivity contribution in [2.24, 2.45) is 0 Å². The molecule has 5 heteroatoms. The predicted octanol–water partition coefficient (Wildman–Crippen LogP) is 0.235. The molecule has 18 heavy (non-hydrogen) atoms. The maximum absolute atomic E-state index is 11.6. The Morgan fingerprint density at radius 2 is 2.17 bits per heavy atom. The molecule has 1 aromatic carbocycles. The first-order chi connectivity index (χ1) is 8.67. The third-order valence-corrected chi connectivity index (χ3v) is 2.56. The standard InChI is InChI=1S/C13H20N2O3/c1-15(7-8-16)10-13(17)14-9-11-5-3-4-6-12(11)18-2/h3-6,16H,7-10H2,1-2H3,(H,14,17). The van der Waals surface area contributed by atoms with Crippen molar-refractivity contribution in [1.29, 1.82) is 0 Å². The van der Waals surface area contributed by atoms with E-state index in [9.17, 15) is 4.79 Å². The Labute approximate surface area is 107 Å². The number of likely N-dealkylation sites (N-methyl/N-ethyl adjacent to an activating group) is 1. The summed E-state index contributed by atoms with van der Waals surface area (Å²) in [6.07, 6.45) is 0. The molecule has 0 fully saturated rings. The fraction of sp³-hybridized carbons (Fsp3) is 0.462. The largest absolute Gasteiger partial charge is 0.496 e. The van der Waals surface area contributed by atoms with Crippen molar-refractivity contribution in [3.8, 4) is 5.75 Å². The van der Waals surface area contributed by atoms with E-state index in [0.29, 0.717) is 13.1 Å². The second kappa shape index (κ2) is 7.68. The molecule has 1 amide bonds. The highest BCUT2D eigenvalue weighted by atomic mass is 16.5. The van der Waals surface area contributed by atoms with Crippen LogP contribution >= 0.6 is 0 Å². The van der Waals surface area contributed by atoms with E-state index in [1.165, 1.54) is 0 Å². The normalized spacial score (nSPS) is 10.4. The van der Waals surface area contributed by atoms with Gasteiger partial charge in [0.2, 0.25) is 5.91 Å². The van der Waals surface area contributed by atoms with Crippen LogP contribution in [0.25, 0.3) is 0 Å². The maximum Gasteiger partial charge on any atom is 0.234 e. The molecule has 0 bridgehead atoms. The monoisotopic (exact) mass is 252 g/mol. The van der Waals surface area contributed by atoms with Gasteiger partial charge in [-0.05, 0) is 13.1 Å². The molecule has 1 aromatic rings. The Hall–Kier alpha value is -1.59. The molecule has 0 saturated heterocycles. The number of methoxy groups -OCH3 is 1. The SMILES string of the molecule is COc1ccccc1CNC(=O)CN(C)CCO. The molecule has 0 atom stereocenters. The van der Waals surface area contributed by atoms with E-state index in [1.807, 2.05) is 24.3 Å². The lowest BCUT2D eigenvalue weighted by Crippen LogP contribution is -2.36. The number of benzene rings is 1. The summed E-state index contributed by atoms with van der Waals surface area (Å²) in [5, 5.41) is 11.6. The van der Waals surface area contributed by atoms with Crippen molar-refractivity contribution < 1.29 is 14.6 Å². The first-order valence-corrected chi connectivity index (χ1v) is 5.85. The Morgan fingerprint density at radius 1 is 1.44 bits per heavy atom. The highest BCUT2D eigenvalue weighted by Gasteiger charge is 2.07. The van der Waals surface area contributed by atoms with Gasteiger partial charge in [0.05, 0.1) is 20.3 Å². The summed E-state index contributed by atoms with van der Waals surface area (Å²) in [4.78, 5) is 13.4. The molecular formula is C13H20N2O3. The van der Waals surface area contributed by atoms with E-state index in [0.717, 1.165) is 11.3 Å². The van der Waals surface area contributed by atoms with Crippen LogP contribution in [-0.2, 0) is 11.3 Å². The zero-order chi connectivity index (χ0) is 13.4. The highest BCUT2D eigenvalue weighted by molar-refractivity contribution is 5.78. The molecule has 5 nitrogen and oxygen atoms in total. The zero-order valence-electron chi connectivity index (χ0n) is 10.8. The van der Waals surface area contributed by atoms with Crippen molar-refractivity contribution in [3.63, 3.8) is 0 Å². The fourth-order valence-electron chi connectivity index (χ4n) is 1.59. The Morgan fingerprint density at radius 3 is 2.83 bits per heavy atom. The minimum Gasteiger partial charge on any atom is -0.496 e. The van der Waals surface area contributed by atoms with E-state index < -0.39 is 0 Å². The number of para-hydroxylation sites is 1. The molecule has 0 aliphatic carbocycles. The molecule has 0 aromatic heterocycles. The number of ether oxygens (including phenoxy) is 1. The van der Waals surface area contributed by atoms with Crippen LogP contribution in [0.4, 0.5) is 0 Å². The number of hydrogen-bond donors (Lipinski definition) is 2. The topological polar surface area (TPSA) is 61.8 Å². The molecule has 1 rings (SSSR count). The lowest BCUT2D eigenvalue weighted by molar-refractivity contribution is -0.122. The van der Waals surface area contributed by atoms with Gasteiger partial charge in [0.25, 0.3) is 0 Å². The summed E-state index contributed by atoms with van der Waals surface area (Å²) >= 11 is 0. The lowest BCUT2D eigenvalue weighted by Gasteiger charge is -2.15. The van der Waals surface area contributed by atoms with E-state index in [1.54, 1.807) is 19.1 Å². The van der Waals surface area contributed by atoms with Gasteiger partial charge in [-0.2, -0.15) is 0 Å². The summed E-state index contributed by atoms with van der Waals surface area (Å²) < 4.78 is 5.20.